The van der Waals surface area contributed by atoms with Crippen molar-refractivity contribution in [3.63, 3.8) is 0 Å². The molecule has 0 aromatic heterocycles. The number of aliphatic carboxylic acids is 1. The van der Waals surface area contributed by atoms with Crippen molar-refractivity contribution < 1.29 is 19.5 Å². The van der Waals surface area contributed by atoms with E-state index in [0.29, 0.717) is 0 Å². The molecule has 14 heavy (non-hydrogen) atoms. The maximum atomic E-state index is 11.4. The molecule has 1 N–H and O–H groups in total. The molecule has 80 valence electrons. The molecule has 0 spiro atoms. The molecule has 0 aliphatic heterocycles. The Balaban J connectivity index is 4.41. The van der Waals surface area contributed by atoms with Gasteiger partial charge in [-0.25, -0.2) is 0 Å². The second-order valence-corrected chi connectivity index (χ2v) is 3.83. The molecule has 0 radical (unpaired) electrons. The highest BCUT2D eigenvalue weighted by atomic mass is 16.4. The maximum Gasteiger partial charge on any atom is 0.304 e. The van der Waals surface area contributed by atoms with Gasteiger partial charge in [0.25, 0.3) is 0 Å². The van der Waals surface area contributed by atoms with Crippen LogP contribution < -0.4 is 0 Å². The fourth-order valence-corrected chi connectivity index (χ4v) is 1.20. The third kappa shape index (κ3) is 4.74. The van der Waals surface area contributed by atoms with E-state index in [9.17, 15) is 14.4 Å². The summed E-state index contributed by atoms with van der Waals surface area (Å²) >= 11 is 0. The van der Waals surface area contributed by atoms with Gasteiger partial charge in [-0.2, -0.15) is 0 Å². The molecule has 4 heteroatoms. The minimum atomic E-state index is -1.11. The average Bonchev–Trinajstić information content (AvgIpc) is 1.97. The quantitative estimate of drug-likeness (QED) is 0.655. The first kappa shape index (κ1) is 12.8. The van der Waals surface area contributed by atoms with Crippen molar-refractivity contribution >= 4 is 17.5 Å². The number of ketones is 2. The Hall–Kier alpha value is -1.19. The lowest BCUT2D eigenvalue weighted by Crippen LogP contribution is -2.25. The van der Waals surface area contributed by atoms with E-state index < -0.39 is 11.9 Å². The van der Waals surface area contributed by atoms with E-state index in [4.69, 9.17) is 5.11 Å². The van der Waals surface area contributed by atoms with E-state index in [1.165, 1.54) is 6.92 Å². The van der Waals surface area contributed by atoms with Gasteiger partial charge in [0.05, 0.1) is 12.3 Å². The third-order valence-corrected chi connectivity index (χ3v) is 1.87. The first-order valence-electron chi connectivity index (χ1n) is 4.59. The summed E-state index contributed by atoms with van der Waals surface area (Å²) in [5.41, 5.74) is 0. The Morgan fingerprint density at radius 1 is 1.14 bits per heavy atom. The Kier molecular flexibility index (Phi) is 5.05. The Morgan fingerprint density at radius 2 is 1.64 bits per heavy atom. The summed E-state index contributed by atoms with van der Waals surface area (Å²) in [6.07, 6.45) is -0.127. The lowest BCUT2D eigenvalue weighted by atomic mass is 9.91. The van der Waals surface area contributed by atoms with Crippen molar-refractivity contribution in [2.24, 2.45) is 11.8 Å². The van der Waals surface area contributed by atoms with Crippen molar-refractivity contribution in [1.29, 1.82) is 0 Å². The van der Waals surface area contributed by atoms with Crippen LogP contribution in [0, 0.1) is 11.8 Å². The number of carbonyl (C=O) groups excluding carboxylic acids is 2. The van der Waals surface area contributed by atoms with E-state index >= 15 is 0 Å². The standard InChI is InChI=1S/C10H16O4/c1-6(2)4-9(12)8(7(3)11)5-10(13)14/h6,8H,4-5H2,1-3H3,(H,13,14). The Morgan fingerprint density at radius 3 is 1.93 bits per heavy atom. The highest BCUT2D eigenvalue weighted by Gasteiger charge is 2.25. The molecule has 0 amide bonds. The van der Waals surface area contributed by atoms with Gasteiger partial charge in [-0.15, -0.1) is 0 Å². The number of Topliss-reactive ketones (excluding diaryl/α,β-unsaturated/α-hetero) is 2. The summed E-state index contributed by atoms with van der Waals surface area (Å²) in [6, 6.07) is 0. The number of carbonyl (C=O) groups is 3. The summed E-state index contributed by atoms with van der Waals surface area (Å²) in [5.74, 6) is -2.55. The molecule has 0 saturated carbocycles. The zero-order valence-electron chi connectivity index (χ0n) is 8.74. The van der Waals surface area contributed by atoms with Crippen LogP contribution in [0.1, 0.15) is 33.6 Å². The normalized spacial score (nSPS) is 12.6. The molecule has 4 nitrogen and oxygen atoms in total. The SMILES string of the molecule is CC(=O)C(CC(=O)O)C(=O)CC(C)C. The highest BCUT2D eigenvalue weighted by molar-refractivity contribution is 6.03. The van der Waals surface area contributed by atoms with E-state index in [1.54, 1.807) is 0 Å². The van der Waals surface area contributed by atoms with Crippen molar-refractivity contribution in [3.05, 3.63) is 0 Å². The summed E-state index contributed by atoms with van der Waals surface area (Å²) in [7, 11) is 0. The van der Waals surface area contributed by atoms with Crippen LogP contribution >= 0.6 is 0 Å². The molecular formula is C10H16O4. The van der Waals surface area contributed by atoms with Gasteiger partial charge in [0.1, 0.15) is 11.6 Å². The fraction of sp³-hybridized carbons (Fsp3) is 0.700. The molecule has 1 atom stereocenters. The summed E-state index contributed by atoms with van der Waals surface area (Å²) in [6.45, 7) is 4.97. The predicted molar refractivity (Wildman–Crippen MR) is 50.9 cm³/mol. The topological polar surface area (TPSA) is 71.4 Å². The van der Waals surface area contributed by atoms with E-state index in [-0.39, 0.29) is 30.3 Å². The number of hydrogen-bond acceptors (Lipinski definition) is 3. The van der Waals surface area contributed by atoms with E-state index in [0.717, 1.165) is 0 Å². The van der Waals surface area contributed by atoms with Gasteiger partial charge >= 0.3 is 5.97 Å². The predicted octanol–water partition coefficient (Wildman–Crippen LogP) is 1.28. The summed E-state index contributed by atoms with van der Waals surface area (Å²) < 4.78 is 0. The lowest BCUT2D eigenvalue weighted by Gasteiger charge is -2.11. The molecule has 0 fully saturated rings. The van der Waals surface area contributed by atoms with Crippen molar-refractivity contribution in [3.8, 4) is 0 Å². The minimum Gasteiger partial charge on any atom is -0.481 e. The molecule has 0 aromatic carbocycles. The van der Waals surface area contributed by atoms with Crippen LogP contribution in [-0.4, -0.2) is 22.6 Å². The lowest BCUT2D eigenvalue weighted by molar-refractivity contribution is -0.144. The second kappa shape index (κ2) is 5.52. The number of rotatable bonds is 6. The van der Waals surface area contributed by atoms with Crippen LogP contribution in [0.15, 0.2) is 0 Å². The Labute approximate surface area is 83.3 Å². The number of carboxylic acids is 1. The molecule has 0 aromatic rings. The van der Waals surface area contributed by atoms with Crippen molar-refractivity contribution in [2.45, 2.75) is 33.6 Å². The van der Waals surface area contributed by atoms with Crippen LogP contribution in [0.2, 0.25) is 0 Å². The first-order chi connectivity index (χ1) is 6.34. The van der Waals surface area contributed by atoms with Crippen LogP contribution in [0.5, 0.6) is 0 Å². The molecular weight excluding hydrogens is 184 g/mol. The van der Waals surface area contributed by atoms with Gasteiger partial charge in [-0.05, 0) is 12.8 Å². The molecule has 0 heterocycles. The average molecular weight is 200 g/mol. The number of hydrogen-bond donors (Lipinski definition) is 1. The van der Waals surface area contributed by atoms with Gasteiger partial charge in [0.15, 0.2) is 0 Å². The highest BCUT2D eigenvalue weighted by Crippen LogP contribution is 2.13. The minimum absolute atomic E-state index is 0.151. The first-order valence-corrected chi connectivity index (χ1v) is 4.59. The van der Waals surface area contributed by atoms with Gasteiger partial charge in [0, 0.05) is 6.42 Å². The molecule has 0 aliphatic rings. The molecule has 1 unspecified atom stereocenters. The van der Waals surface area contributed by atoms with Crippen LogP contribution in [0.3, 0.4) is 0 Å². The van der Waals surface area contributed by atoms with E-state index in [1.807, 2.05) is 13.8 Å². The largest absolute Gasteiger partial charge is 0.481 e. The second-order valence-electron chi connectivity index (χ2n) is 3.83. The maximum absolute atomic E-state index is 11.4. The molecule has 0 aliphatic carbocycles. The van der Waals surface area contributed by atoms with Crippen LogP contribution in [0.4, 0.5) is 0 Å². The van der Waals surface area contributed by atoms with Crippen LogP contribution in [0.25, 0.3) is 0 Å². The van der Waals surface area contributed by atoms with E-state index in [2.05, 4.69) is 0 Å². The monoisotopic (exact) mass is 200 g/mol. The van der Waals surface area contributed by atoms with Gasteiger partial charge in [0.2, 0.25) is 0 Å². The molecule has 0 saturated heterocycles. The van der Waals surface area contributed by atoms with Gasteiger partial charge < -0.3 is 5.11 Å². The Bertz CT molecular complexity index is 243. The van der Waals surface area contributed by atoms with Crippen LogP contribution in [-0.2, 0) is 14.4 Å². The molecule has 0 bridgehead atoms. The number of carboxylic acid groups (broad SMARTS) is 1. The van der Waals surface area contributed by atoms with Crippen molar-refractivity contribution in [1.82, 2.24) is 0 Å². The third-order valence-electron chi connectivity index (χ3n) is 1.87. The summed E-state index contributed by atoms with van der Waals surface area (Å²) in [5, 5.41) is 8.51. The fourth-order valence-electron chi connectivity index (χ4n) is 1.20. The zero-order chi connectivity index (χ0) is 11.3. The summed E-state index contributed by atoms with van der Waals surface area (Å²) in [4.78, 5) is 32.9. The molecule has 0 rings (SSSR count). The zero-order valence-corrected chi connectivity index (χ0v) is 8.74. The van der Waals surface area contributed by atoms with Crippen molar-refractivity contribution in [2.75, 3.05) is 0 Å². The smallest absolute Gasteiger partial charge is 0.304 e. The van der Waals surface area contributed by atoms with Gasteiger partial charge in [-0.1, -0.05) is 13.8 Å². The van der Waals surface area contributed by atoms with Gasteiger partial charge in [-0.3, -0.25) is 14.4 Å².